The van der Waals surface area contributed by atoms with E-state index in [0.29, 0.717) is 0 Å². The molecule has 0 heterocycles. The Kier molecular flexibility index (Phi) is 2.70. The lowest BCUT2D eigenvalue weighted by Crippen LogP contribution is -2.20. The largest absolute Gasteiger partial charge is 0.399 e. The molecule has 0 atom stereocenters. The number of hydrogen-bond acceptors (Lipinski definition) is 1. The molecule has 0 aliphatic carbocycles. The summed E-state index contributed by atoms with van der Waals surface area (Å²) in [6, 6.07) is 6.35. The van der Waals surface area contributed by atoms with E-state index in [0.717, 1.165) is 13.0 Å². The Labute approximate surface area is 81.6 Å². The van der Waals surface area contributed by atoms with Crippen molar-refractivity contribution in [1.82, 2.24) is 0 Å². The van der Waals surface area contributed by atoms with E-state index in [1.165, 1.54) is 11.0 Å². The first-order valence-corrected chi connectivity index (χ1v) is 4.84. The summed E-state index contributed by atoms with van der Waals surface area (Å²) < 4.78 is 0. The van der Waals surface area contributed by atoms with Gasteiger partial charge in [-0.05, 0) is 17.0 Å². The molecule has 13 heavy (non-hydrogen) atoms. The van der Waals surface area contributed by atoms with Crippen LogP contribution in [0.4, 0.5) is 5.69 Å². The van der Waals surface area contributed by atoms with Crippen LogP contribution in [0.5, 0.6) is 0 Å². The van der Waals surface area contributed by atoms with E-state index in [1.54, 1.807) is 0 Å². The van der Waals surface area contributed by atoms with Crippen molar-refractivity contribution in [2.45, 2.75) is 33.0 Å². The average molecular weight is 175 g/mol. The number of hydrogen-bond donors (Lipinski definition) is 1. The van der Waals surface area contributed by atoms with Crippen LogP contribution in [0.25, 0.3) is 0 Å². The van der Waals surface area contributed by atoms with Crippen LogP contribution in [-0.4, -0.2) is 7.28 Å². The van der Waals surface area contributed by atoms with Crippen LogP contribution in [0, 0.1) is 0 Å². The summed E-state index contributed by atoms with van der Waals surface area (Å²) in [6.45, 7) is 8.80. The molecule has 70 valence electrons. The third kappa shape index (κ3) is 2.27. The third-order valence-electron chi connectivity index (χ3n) is 2.39. The van der Waals surface area contributed by atoms with Crippen molar-refractivity contribution in [2.75, 3.05) is 5.73 Å². The molecule has 0 radical (unpaired) electrons. The van der Waals surface area contributed by atoms with Crippen LogP contribution in [0.2, 0.25) is 6.82 Å². The van der Waals surface area contributed by atoms with Gasteiger partial charge in [-0.2, -0.15) is 0 Å². The number of nitrogen functional groups attached to an aromatic ring is 1. The molecule has 0 fully saturated rings. The van der Waals surface area contributed by atoms with Gasteiger partial charge in [-0.25, -0.2) is 0 Å². The molecule has 0 aromatic heterocycles. The normalized spacial score (nSPS) is 11.4. The molecule has 2 N–H and O–H groups in total. The van der Waals surface area contributed by atoms with Gasteiger partial charge in [0.2, 0.25) is 0 Å². The Balaban J connectivity index is 3.14. The number of benzene rings is 1. The Hall–Kier alpha value is -0.915. The summed E-state index contributed by atoms with van der Waals surface area (Å²) in [7, 11) is 1.01. The molecule has 0 saturated carbocycles. The molecule has 1 aromatic rings. The minimum Gasteiger partial charge on any atom is -0.399 e. The van der Waals surface area contributed by atoms with Gasteiger partial charge < -0.3 is 5.73 Å². The number of anilines is 1. The van der Waals surface area contributed by atoms with E-state index in [9.17, 15) is 0 Å². The van der Waals surface area contributed by atoms with Gasteiger partial charge in [0.05, 0.1) is 0 Å². The fourth-order valence-electron chi connectivity index (χ4n) is 1.38. The molecule has 2 heteroatoms. The monoisotopic (exact) mass is 175 g/mol. The lowest BCUT2D eigenvalue weighted by molar-refractivity contribution is 0.591. The fraction of sp³-hybridized carbons (Fsp3) is 0.455. The highest BCUT2D eigenvalue weighted by Gasteiger charge is 2.14. The molecule has 1 aromatic carbocycles. The van der Waals surface area contributed by atoms with Gasteiger partial charge in [0, 0.05) is 5.69 Å². The molecule has 0 amide bonds. The highest BCUT2D eigenvalue weighted by Crippen LogP contribution is 2.21. The van der Waals surface area contributed by atoms with Crippen LogP contribution in [0.1, 0.15) is 26.3 Å². The second-order valence-electron chi connectivity index (χ2n) is 4.52. The molecule has 0 saturated heterocycles. The van der Waals surface area contributed by atoms with Crippen LogP contribution >= 0.6 is 0 Å². The van der Waals surface area contributed by atoms with E-state index in [1.807, 2.05) is 6.07 Å². The van der Waals surface area contributed by atoms with E-state index >= 15 is 0 Å². The molecule has 0 bridgehead atoms. The second-order valence-corrected chi connectivity index (χ2v) is 4.52. The zero-order chi connectivity index (χ0) is 10.1. The van der Waals surface area contributed by atoms with Crippen molar-refractivity contribution in [3.63, 3.8) is 0 Å². The van der Waals surface area contributed by atoms with Crippen molar-refractivity contribution in [3.8, 4) is 0 Å². The topological polar surface area (TPSA) is 26.0 Å². The quantitative estimate of drug-likeness (QED) is 0.510. The fourth-order valence-corrected chi connectivity index (χ4v) is 1.38. The molecule has 0 aliphatic heterocycles. The Morgan fingerprint density at radius 1 is 1.23 bits per heavy atom. The molecule has 1 rings (SSSR count). The van der Waals surface area contributed by atoms with E-state index in [4.69, 9.17) is 5.73 Å². The van der Waals surface area contributed by atoms with Crippen LogP contribution < -0.4 is 11.2 Å². The molecule has 1 nitrogen and oxygen atoms in total. The average Bonchev–Trinajstić information content (AvgIpc) is 2.03. The number of rotatable bonds is 1. The summed E-state index contributed by atoms with van der Waals surface area (Å²) in [5, 5.41) is 0. The zero-order valence-corrected chi connectivity index (χ0v) is 9.02. The Morgan fingerprint density at radius 2 is 1.85 bits per heavy atom. The van der Waals surface area contributed by atoms with Crippen molar-refractivity contribution >= 4 is 18.4 Å². The minimum atomic E-state index is 0.220. The van der Waals surface area contributed by atoms with Crippen LogP contribution in [-0.2, 0) is 5.41 Å². The van der Waals surface area contributed by atoms with E-state index in [2.05, 4.69) is 39.7 Å². The Bertz CT molecular complexity index is 299. The summed E-state index contributed by atoms with van der Waals surface area (Å²) in [5.74, 6) is 0. The first kappa shape index (κ1) is 10.2. The molecule has 0 spiro atoms. The predicted molar refractivity (Wildman–Crippen MR) is 62.2 cm³/mol. The van der Waals surface area contributed by atoms with Crippen LogP contribution in [0.15, 0.2) is 18.2 Å². The maximum absolute atomic E-state index is 5.84. The van der Waals surface area contributed by atoms with Gasteiger partial charge >= 0.3 is 0 Å². The lowest BCUT2D eigenvalue weighted by atomic mass is 9.70. The second kappa shape index (κ2) is 3.45. The van der Waals surface area contributed by atoms with Crippen molar-refractivity contribution in [3.05, 3.63) is 23.8 Å². The first-order chi connectivity index (χ1) is 5.95. The van der Waals surface area contributed by atoms with E-state index in [-0.39, 0.29) is 5.41 Å². The molecular weight excluding hydrogens is 157 g/mol. The van der Waals surface area contributed by atoms with Gasteiger partial charge in [0.1, 0.15) is 0 Å². The van der Waals surface area contributed by atoms with Gasteiger partial charge in [-0.15, -0.1) is 0 Å². The molecule has 0 aliphatic rings. The van der Waals surface area contributed by atoms with Crippen LogP contribution in [0.3, 0.4) is 0 Å². The first-order valence-electron chi connectivity index (χ1n) is 4.84. The number of nitrogens with two attached hydrogens (primary N) is 1. The van der Waals surface area contributed by atoms with Crippen molar-refractivity contribution in [2.24, 2.45) is 0 Å². The van der Waals surface area contributed by atoms with Gasteiger partial charge in [-0.1, -0.05) is 45.2 Å². The smallest absolute Gasteiger partial charge is 0.157 e. The Morgan fingerprint density at radius 3 is 2.31 bits per heavy atom. The highest BCUT2D eigenvalue weighted by molar-refractivity contribution is 6.54. The SMILES string of the molecule is CBc1cc(C(C)(C)C)ccc1N. The minimum absolute atomic E-state index is 0.220. The third-order valence-corrected chi connectivity index (χ3v) is 2.39. The van der Waals surface area contributed by atoms with Crippen molar-refractivity contribution in [1.29, 1.82) is 0 Å². The summed E-state index contributed by atoms with van der Waals surface area (Å²) in [4.78, 5) is 0. The maximum atomic E-state index is 5.84. The molecular formula is C11H18BN. The standard InChI is InChI=1S/C11H18BN/c1-11(2,3)8-5-6-10(13)9(7-8)12-4/h5-7,12H,13H2,1-4H3. The van der Waals surface area contributed by atoms with Gasteiger partial charge in [0.15, 0.2) is 7.28 Å². The highest BCUT2D eigenvalue weighted by atomic mass is 14.5. The van der Waals surface area contributed by atoms with Gasteiger partial charge in [0.25, 0.3) is 0 Å². The summed E-state index contributed by atoms with van der Waals surface area (Å²) >= 11 is 0. The lowest BCUT2D eigenvalue weighted by Gasteiger charge is -2.20. The summed E-state index contributed by atoms with van der Waals surface area (Å²) in [6.07, 6.45) is 0. The van der Waals surface area contributed by atoms with E-state index < -0.39 is 0 Å². The predicted octanol–water partition coefficient (Wildman–Crippen LogP) is 1.68. The van der Waals surface area contributed by atoms with Gasteiger partial charge in [-0.3, -0.25) is 0 Å². The molecule has 0 unspecified atom stereocenters. The zero-order valence-electron chi connectivity index (χ0n) is 9.02. The summed E-state index contributed by atoms with van der Waals surface area (Å²) in [5.41, 5.74) is 9.59. The van der Waals surface area contributed by atoms with Crippen molar-refractivity contribution < 1.29 is 0 Å². The maximum Gasteiger partial charge on any atom is 0.157 e.